The summed E-state index contributed by atoms with van der Waals surface area (Å²) in [7, 11) is 3.27. The molecule has 3 rings (SSSR count). The van der Waals surface area contributed by atoms with Crippen molar-refractivity contribution in [2.45, 2.75) is 19.4 Å². The monoisotopic (exact) mass is 386 g/mol. The Labute approximate surface area is 165 Å². The van der Waals surface area contributed by atoms with Gasteiger partial charge in [-0.3, -0.25) is 9.69 Å². The quantitative estimate of drug-likeness (QED) is 0.792. The van der Waals surface area contributed by atoms with Crippen LogP contribution < -0.4 is 14.8 Å². The van der Waals surface area contributed by atoms with Gasteiger partial charge in [-0.2, -0.15) is 0 Å². The Balaban J connectivity index is 1.52. The molecule has 2 aromatic rings. The van der Waals surface area contributed by atoms with Gasteiger partial charge < -0.3 is 14.8 Å². The van der Waals surface area contributed by atoms with Crippen LogP contribution in [0, 0.1) is 11.7 Å². The number of piperidine rings is 1. The van der Waals surface area contributed by atoms with Crippen LogP contribution >= 0.6 is 0 Å². The van der Waals surface area contributed by atoms with Gasteiger partial charge >= 0.3 is 0 Å². The van der Waals surface area contributed by atoms with Crippen molar-refractivity contribution >= 4 is 5.91 Å². The van der Waals surface area contributed by atoms with Gasteiger partial charge in [0.05, 0.1) is 14.2 Å². The summed E-state index contributed by atoms with van der Waals surface area (Å²) >= 11 is 0. The average Bonchev–Trinajstić information content (AvgIpc) is 2.72. The molecule has 0 saturated carbocycles. The van der Waals surface area contributed by atoms with Gasteiger partial charge in [0.1, 0.15) is 5.82 Å². The van der Waals surface area contributed by atoms with E-state index >= 15 is 0 Å². The van der Waals surface area contributed by atoms with Gasteiger partial charge in [-0.1, -0.05) is 6.07 Å². The Kier molecular flexibility index (Phi) is 6.87. The van der Waals surface area contributed by atoms with Crippen LogP contribution in [-0.2, 0) is 6.54 Å². The number of nitrogens with zero attached hydrogens (tertiary/aromatic N) is 1. The molecule has 1 heterocycles. The molecule has 1 N–H and O–H groups in total. The molecule has 0 spiro atoms. The van der Waals surface area contributed by atoms with Gasteiger partial charge in [-0.15, -0.1) is 0 Å². The van der Waals surface area contributed by atoms with Crippen LogP contribution in [0.3, 0.4) is 0 Å². The second-order valence-electron chi connectivity index (χ2n) is 7.15. The second-order valence-corrected chi connectivity index (χ2v) is 7.15. The van der Waals surface area contributed by atoms with Crippen molar-refractivity contribution in [2.75, 3.05) is 33.9 Å². The van der Waals surface area contributed by atoms with Crippen LogP contribution in [0.25, 0.3) is 0 Å². The normalized spacial score (nSPS) is 17.2. The first-order chi connectivity index (χ1) is 13.6. The fraction of sp³-hybridized carbons (Fsp3) is 0.409. The van der Waals surface area contributed by atoms with E-state index in [0.29, 0.717) is 18.0 Å². The Hall–Kier alpha value is -2.60. The second kappa shape index (κ2) is 9.55. The fourth-order valence-electron chi connectivity index (χ4n) is 3.64. The van der Waals surface area contributed by atoms with E-state index in [1.165, 1.54) is 29.8 Å². The van der Waals surface area contributed by atoms with Crippen molar-refractivity contribution in [3.63, 3.8) is 0 Å². The van der Waals surface area contributed by atoms with Crippen molar-refractivity contribution in [3.8, 4) is 11.5 Å². The summed E-state index contributed by atoms with van der Waals surface area (Å²) in [6.07, 6.45) is 2.19. The molecule has 0 aliphatic carbocycles. The molecule has 5 nitrogen and oxygen atoms in total. The van der Waals surface area contributed by atoms with Gasteiger partial charge in [0.15, 0.2) is 11.5 Å². The van der Waals surface area contributed by atoms with Gasteiger partial charge in [0.25, 0.3) is 5.91 Å². The molecular weight excluding hydrogens is 359 g/mol. The van der Waals surface area contributed by atoms with Crippen LogP contribution in [-0.4, -0.2) is 44.7 Å². The predicted octanol–water partition coefficient (Wildman–Crippen LogP) is 3.48. The first-order valence-electron chi connectivity index (χ1n) is 9.56. The van der Waals surface area contributed by atoms with E-state index in [1.807, 2.05) is 12.1 Å². The lowest BCUT2D eigenvalue weighted by Gasteiger charge is -2.33. The van der Waals surface area contributed by atoms with Crippen LogP contribution in [0.5, 0.6) is 11.5 Å². The fourth-order valence-corrected chi connectivity index (χ4v) is 3.64. The van der Waals surface area contributed by atoms with E-state index in [0.717, 1.165) is 44.0 Å². The Morgan fingerprint density at radius 1 is 1.14 bits per heavy atom. The molecule has 0 aromatic heterocycles. The van der Waals surface area contributed by atoms with E-state index < -0.39 is 0 Å². The molecular formula is C22H27FN2O3. The summed E-state index contributed by atoms with van der Waals surface area (Å²) in [5.41, 5.74) is 1.66. The standard InChI is InChI=1S/C22H27FN2O3/c1-27-20-10-5-16(12-21(20)28-2)14-25-11-3-4-17(15-25)13-24-22(26)18-6-8-19(23)9-7-18/h5-10,12,17H,3-4,11,13-15H2,1-2H3,(H,24,26)/t17-/m1/s1. The third-order valence-corrected chi connectivity index (χ3v) is 5.11. The summed E-state index contributed by atoms with van der Waals surface area (Å²) in [4.78, 5) is 14.6. The number of carbonyl (C=O) groups is 1. The smallest absolute Gasteiger partial charge is 0.251 e. The van der Waals surface area contributed by atoms with Crippen molar-refractivity contribution in [3.05, 3.63) is 59.4 Å². The molecule has 1 aliphatic heterocycles. The van der Waals surface area contributed by atoms with E-state index in [1.54, 1.807) is 14.2 Å². The maximum absolute atomic E-state index is 13.0. The number of rotatable bonds is 7. The van der Waals surface area contributed by atoms with Crippen molar-refractivity contribution in [1.29, 1.82) is 0 Å². The highest BCUT2D eigenvalue weighted by atomic mass is 19.1. The molecule has 6 heteroatoms. The number of halogens is 1. The Bertz CT molecular complexity index is 795. The summed E-state index contributed by atoms with van der Waals surface area (Å²) in [6.45, 7) is 3.43. The number of nitrogens with one attached hydrogen (secondary N) is 1. The van der Waals surface area contributed by atoms with E-state index in [-0.39, 0.29) is 11.7 Å². The molecule has 0 unspecified atom stereocenters. The van der Waals surface area contributed by atoms with Crippen molar-refractivity contribution in [1.82, 2.24) is 10.2 Å². The topological polar surface area (TPSA) is 50.8 Å². The van der Waals surface area contributed by atoms with E-state index in [2.05, 4.69) is 16.3 Å². The average molecular weight is 386 g/mol. The predicted molar refractivity (Wildman–Crippen MR) is 106 cm³/mol. The van der Waals surface area contributed by atoms with Crippen LogP contribution in [0.4, 0.5) is 4.39 Å². The number of benzene rings is 2. The zero-order chi connectivity index (χ0) is 19.9. The molecule has 1 fully saturated rings. The highest BCUT2D eigenvalue weighted by Crippen LogP contribution is 2.28. The molecule has 0 radical (unpaired) electrons. The highest BCUT2D eigenvalue weighted by molar-refractivity contribution is 5.94. The van der Waals surface area contributed by atoms with Crippen molar-refractivity contribution < 1.29 is 18.7 Å². The SMILES string of the molecule is COc1ccc(CN2CCC[C@H](CNC(=O)c3ccc(F)cc3)C2)cc1OC. The number of amides is 1. The summed E-state index contributed by atoms with van der Waals surface area (Å²) in [5, 5.41) is 2.98. The minimum absolute atomic E-state index is 0.156. The highest BCUT2D eigenvalue weighted by Gasteiger charge is 2.21. The summed E-state index contributed by atoms with van der Waals surface area (Å²) < 4.78 is 23.7. The van der Waals surface area contributed by atoms with Crippen molar-refractivity contribution in [2.24, 2.45) is 5.92 Å². The van der Waals surface area contributed by atoms with Gasteiger partial charge in [0, 0.05) is 25.2 Å². The Morgan fingerprint density at radius 3 is 2.61 bits per heavy atom. The zero-order valence-corrected chi connectivity index (χ0v) is 16.4. The van der Waals surface area contributed by atoms with Gasteiger partial charge in [-0.05, 0) is 67.3 Å². The molecule has 1 saturated heterocycles. The number of ether oxygens (including phenoxy) is 2. The first kappa shape index (κ1) is 20.1. The third kappa shape index (κ3) is 5.23. The maximum Gasteiger partial charge on any atom is 0.251 e. The molecule has 28 heavy (non-hydrogen) atoms. The summed E-state index contributed by atoms with van der Waals surface area (Å²) in [5.74, 6) is 1.37. The lowest BCUT2D eigenvalue weighted by Crippen LogP contribution is -2.40. The number of hydrogen-bond donors (Lipinski definition) is 1. The molecule has 1 aliphatic rings. The minimum atomic E-state index is -0.338. The van der Waals surface area contributed by atoms with Crippen LogP contribution in [0.1, 0.15) is 28.8 Å². The number of carbonyl (C=O) groups excluding carboxylic acids is 1. The maximum atomic E-state index is 13.0. The van der Waals surface area contributed by atoms with E-state index in [9.17, 15) is 9.18 Å². The van der Waals surface area contributed by atoms with Gasteiger partial charge in [-0.25, -0.2) is 4.39 Å². The number of hydrogen-bond acceptors (Lipinski definition) is 4. The molecule has 0 bridgehead atoms. The van der Waals surface area contributed by atoms with E-state index in [4.69, 9.17) is 9.47 Å². The molecule has 150 valence electrons. The Morgan fingerprint density at radius 2 is 1.89 bits per heavy atom. The molecule has 2 aromatic carbocycles. The largest absolute Gasteiger partial charge is 0.493 e. The third-order valence-electron chi connectivity index (χ3n) is 5.11. The number of likely N-dealkylation sites (tertiary alicyclic amines) is 1. The summed E-state index contributed by atoms with van der Waals surface area (Å²) in [6, 6.07) is 11.6. The van der Waals surface area contributed by atoms with Gasteiger partial charge in [0.2, 0.25) is 0 Å². The molecule has 1 atom stereocenters. The molecule has 1 amide bonds. The van der Waals surface area contributed by atoms with Crippen LogP contribution in [0.15, 0.2) is 42.5 Å². The zero-order valence-electron chi connectivity index (χ0n) is 16.4. The number of methoxy groups -OCH3 is 2. The first-order valence-corrected chi connectivity index (χ1v) is 9.56. The minimum Gasteiger partial charge on any atom is -0.493 e. The van der Waals surface area contributed by atoms with Crippen LogP contribution in [0.2, 0.25) is 0 Å². The lowest BCUT2D eigenvalue weighted by atomic mass is 9.97. The lowest BCUT2D eigenvalue weighted by molar-refractivity contribution is 0.0930.